The van der Waals surface area contributed by atoms with Crippen LogP contribution < -0.4 is 10.6 Å². The maximum Gasteiger partial charge on any atom is 0.341 e. The van der Waals surface area contributed by atoms with Crippen LogP contribution in [0.5, 0.6) is 0 Å². The first-order valence-electron chi connectivity index (χ1n) is 4.61. The number of halogens is 2. The summed E-state index contributed by atoms with van der Waals surface area (Å²) >= 11 is 0. The van der Waals surface area contributed by atoms with E-state index in [1.54, 1.807) is 0 Å². The fourth-order valence-electron chi connectivity index (χ4n) is 1.38. The van der Waals surface area contributed by atoms with Gasteiger partial charge in [-0.15, -0.1) is 24.8 Å². The molecule has 1 aliphatic rings. The number of anilines is 1. The van der Waals surface area contributed by atoms with Gasteiger partial charge in [0.15, 0.2) is 0 Å². The molecule has 2 heterocycles. The zero-order valence-electron chi connectivity index (χ0n) is 9.20. The van der Waals surface area contributed by atoms with E-state index in [1.165, 1.54) is 19.5 Å². The summed E-state index contributed by atoms with van der Waals surface area (Å²) in [5.74, 6) is 0.172. The van der Waals surface area contributed by atoms with Crippen molar-refractivity contribution in [2.75, 3.05) is 25.1 Å². The number of esters is 1. The maximum absolute atomic E-state index is 11.1. The number of nitrogens with zero attached hydrogens (tertiary/aromatic N) is 3. The summed E-state index contributed by atoms with van der Waals surface area (Å²) in [6, 6.07) is 0.203. The van der Waals surface area contributed by atoms with E-state index in [2.05, 4.69) is 14.7 Å². The maximum atomic E-state index is 11.1. The third-order valence-corrected chi connectivity index (χ3v) is 2.25. The zero-order chi connectivity index (χ0) is 10.8. The lowest BCUT2D eigenvalue weighted by Crippen LogP contribution is -2.56. The number of carbonyl (C=O) groups is 1. The topological polar surface area (TPSA) is 81.3 Å². The standard InChI is InChI=1S/C9H12N4O2.2ClH/c1-15-8(14)6-2-11-9(12-3-6)13-4-7(10)5-13;;/h2-3,7H,4-5,10H2,1H3;2*1H. The number of nitrogens with two attached hydrogens (primary N) is 1. The fraction of sp³-hybridized carbons (Fsp3) is 0.444. The molecule has 0 aliphatic carbocycles. The van der Waals surface area contributed by atoms with Crippen LogP contribution in [0.3, 0.4) is 0 Å². The van der Waals surface area contributed by atoms with Gasteiger partial charge in [0.25, 0.3) is 0 Å². The number of aromatic nitrogens is 2. The number of methoxy groups -OCH3 is 1. The molecule has 0 saturated carbocycles. The van der Waals surface area contributed by atoms with Gasteiger partial charge in [0.2, 0.25) is 5.95 Å². The molecule has 0 radical (unpaired) electrons. The van der Waals surface area contributed by atoms with Crippen LogP contribution in [0.1, 0.15) is 10.4 Å². The molecule has 2 N–H and O–H groups in total. The predicted octanol–water partition coefficient (Wildman–Crippen LogP) is 0.254. The first-order chi connectivity index (χ1) is 7.20. The van der Waals surface area contributed by atoms with Crippen LogP contribution in [0.25, 0.3) is 0 Å². The molecule has 0 amide bonds. The molecule has 8 heteroatoms. The van der Waals surface area contributed by atoms with E-state index in [0.29, 0.717) is 11.5 Å². The van der Waals surface area contributed by atoms with Crippen LogP contribution in [-0.4, -0.2) is 42.2 Å². The van der Waals surface area contributed by atoms with Gasteiger partial charge in [-0.05, 0) is 0 Å². The number of rotatable bonds is 2. The highest BCUT2D eigenvalue weighted by Gasteiger charge is 2.25. The number of hydrogen-bond donors (Lipinski definition) is 1. The van der Waals surface area contributed by atoms with Crippen molar-refractivity contribution < 1.29 is 9.53 Å². The molecule has 2 rings (SSSR count). The number of hydrogen-bond acceptors (Lipinski definition) is 6. The lowest BCUT2D eigenvalue weighted by Gasteiger charge is -2.36. The Morgan fingerprint density at radius 1 is 1.41 bits per heavy atom. The van der Waals surface area contributed by atoms with Crippen molar-refractivity contribution in [2.24, 2.45) is 5.73 Å². The van der Waals surface area contributed by atoms with Gasteiger partial charge in [-0.1, -0.05) is 0 Å². The van der Waals surface area contributed by atoms with E-state index in [0.717, 1.165) is 13.1 Å². The largest absolute Gasteiger partial charge is 0.465 e. The normalized spacial score (nSPS) is 14.1. The Balaban J connectivity index is 0.00000128. The molecule has 0 unspecified atom stereocenters. The minimum atomic E-state index is -0.429. The molecule has 0 spiro atoms. The zero-order valence-corrected chi connectivity index (χ0v) is 10.8. The highest BCUT2D eigenvalue weighted by Crippen LogP contribution is 2.14. The molecular weight excluding hydrogens is 267 g/mol. The first-order valence-corrected chi connectivity index (χ1v) is 4.61. The quantitative estimate of drug-likeness (QED) is 0.783. The van der Waals surface area contributed by atoms with Crippen molar-refractivity contribution >= 4 is 36.7 Å². The molecule has 1 aromatic heterocycles. The van der Waals surface area contributed by atoms with Crippen molar-refractivity contribution in [1.82, 2.24) is 9.97 Å². The van der Waals surface area contributed by atoms with E-state index in [9.17, 15) is 4.79 Å². The number of ether oxygens (including phenoxy) is 1. The lowest BCUT2D eigenvalue weighted by atomic mass is 10.1. The van der Waals surface area contributed by atoms with E-state index >= 15 is 0 Å². The van der Waals surface area contributed by atoms with Gasteiger partial charge in [0, 0.05) is 31.5 Å². The van der Waals surface area contributed by atoms with E-state index in [1.807, 2.05) is 4.90 Å². The average molecular weight is 281 g/mol. The van der Waals surface area contributed by atoms with Gasteiger partial charge in [-0.25, -0.2) is 14.8 Å². The molecule has 1 aliphatic heterocycles. The van der Waals surface area contributed by atoms with Crippen molar-refractivity contribution in [3.05, 3.63) is 18.0 Å². The van der Waals surface area contributed by atoms with Gasteiger partial charge >= 0.3 is 5.97 Å². The minimum Gasteiger partial charge on any atom is -0.465 e. The number of carbonyl (C=O) groups excluding carboxylic acids is 1. The molecular formula is C9H14Cl2N4O2. The highest BCUT2D eigenvalue weighted by molar-refractivity contribution is 5.88. The molecule has 1 fully saturated rings. The average Bonchev–Trinajstić information content (AvgIpc) is 2.24. The summed E-state index contributed by atoms with van der Waals surface area (Å²) in [5, 5.41) is 0. The van der Waals surface area contributed by atoms with Crippen LogP contribution in [0.2, 0.25) is 0 Å². The fourth-order valence-corrected chi connectivity index (χ4v) is 1.38. The Morgan fingerprint density at radius 3 is 2.35 bits per heavy atom. The van der Waals surface area contributed by atoms with Gasteiger partial charge in [-0.2, -0.15) is 0 Å². The lowest BCUT2D eigenvalue weighted by molar-refractivity contribution is 0.0600. The summed E-state index contributed by atoms with van der Waals surface area (Å²) in [6.45, 7) is 1.52. The Bertz CT molecular complexity index is 368. The van der Waals surface area contributed by atoms with E-state index < -0.39 is 5.97 Å². The molecule has 0 aromatic carbocycles. The first kappa shape index (κ1) is 15.9. The van der Waals surface area contributed by atoms with Gasteiger partial charge in [0.1, 0.15) is 0 Å². The Hall–Kier alpha value is -1.11. The van der Waals surface area contributed by atoms with Gasteiger partial charge < -0.3 is 15.4 Å². The second-order valence-electron chi connectivity index (χ2n) is 3.43. The predicted molar refractivity (Wildman–Crippen MR) is 68.1 cm³/mol. The van der Waals surface area contributed by atoms with E-state index in [-0.39, 0.29) is 30.9 Å². The summed E-state index contributed by atoms with van der Waals surface area (Å²) in [4.78, 5) is 21.2. The van der Waals surface area contributed by atoms with Crippen molar-refractivity contribution in [1.29, 1.82) is 0 Å². The molecule has 1 aromatic rings. The molecule has 0 atom stereocenters. The summed E-state index contributed by atoms with van der Waals surface area (Å²) in [7, 11) is 1.32. The third kappa shape index (κ3) is 3.42. The molecule has 6 nitrogen and oxygen atoms in total. The van der Waals surface area contributed by atoms with E-state index in [4.69, 9.17) is 5.73 Å². The second kappa shape index (κ2) is 6.58. The van der Waals surface area contributed by atoms with Crippen LogP contribution in [-0.2, 0) is 4.74 Å². The SMILES string of the molecule is COC(=O)c1cnc(N2CC(N)C2)nc1.Cl.Cl. The van der Waals surface area contributed by atoms with Crippen molar-refractivity contribution in [2.45, 2.75) is 6.04 Å². The molecule has 17 heavy (non-hydrogen) atoms. The van der Waals surface area contributed by atoms with Crippen LogP contribution in [0, 0.1) is 0 Å². The van der Waals surface area contributed by atoms with Gasteiger partial charge in [0.05, 0.1) is 12.7 Å². The monoisotopic (exact) mass is 280 g/mol. The van der Waals surface area contributed by atoms with Crippen LogP contribution in [0.15, 0.2) is 12.4 Å². The Morgan fingerprint density at radius 2 is 1.94 bits per heavy atom. The summed E-state index contributed by atoms with van der Waals surface area (Å²) in [5.41, 5.74) is 5.99. The minimum absolute atomic E-state index is 0. The second-order valence-corrected chi connectivity index (χ2v) is 3.43. The Labute approximate surface area is 111 Å². The molecule has 0 bridgehead atoms. The van der Waals surface area contributed by atoms with Crippen LogP contribution >= 0.6 is 24.8 Å². The smallest absolute Gasteiger partial charge is 0.341 e. The van der Waals surface area contributed by atoms with Gasteiger partial charge in [-0.3, -0.25) is 0 Å². The van der Waals surface area contributed by atoms with Crippen LogP contribution in [0.4, 0.5) is 5.95 Å². The third-order valence-electron chi connectivity index (χ3n) is 2.25. The molecule has 96 valence electrons. The Kier molecular flexibility index (Phi) is 6.15. The van der Waals surface area contributed by atoms with Crippen molar-refractivity contribution in [3.8, 4) is 0 Å². The van der Waals surface area contributed by atoms with Crippen molar-refractivity contribution in [3.63, 3.8) is 0 Å². The molecule has 1 saturated heterocycles. The summed E-state index contributed by atoms with van der Waals surface area (Å²) < 4.78 is 4.54. The highest BCUT2D eigenvalue weighted by atomic mass is 35.5. The summed E-state index contributed by atoms with van der Waals surface area (Å²) in [6.07, 6.45) is 2.91.